The molecular weight excluding hydrogens is 352 g/mol. The number of likely N-dealkylation sites (tertiary alicyclic amines) is 1. The third-order valence-corrected chi connectivity index (χ3v) is 8.08. The largest absolute Gasteiger partial charge is 0.299 e. The second-order valence-electron chi connectivity index (χ2n) is 7.30. The van der Waals surface area contributed by atoms with E-state index in [4.69, 9.17) is 0 Å². The zero-order valence-electron chi connectivity index (χ0n) is 14.2. The first-order valence-corrected chi connectivity index (χ1v) is 11.3. The van der Waals surface area contributed by atoms with E-state index in [0.29, 0.717) is 4.90 Å². The minimum absolute atomic E-state index is 0.0843. The average molecular weight is 377 g/mol. The zero-order valence-corrected chi connectivity index (χ0v) is 15.9. The van der Waals surface area contributed by atoms with Crippen molar-refractivity contribution in [3.8, 4) is 0 Å². The Morgan fingerprint density at radius 2 is 1.88 bits per heavy atom. The maximum absolute atomic E-state index is 12.6. The van der Waals surface area contributed by atoms with Gasteiger partial charge >= 0.3 is 0 Å². The molecule has 1 aliphatic carbocycles. The molecule has 2 aromatic rings. The van der Waals surface area contributed by atoms with Crippen molar-refractivity contribution in [1.82, 2.24) is 9.62 Å². The highest BCUT2D eigenvalue weighted by Crippen LogP contribution is 2.49. The van der Waals surface area contributed by atoms with E-state index in [1.54, 1.807) is 35.6 Å². The fourth-order valence-corrected chi connectivity index (χ4v) is 6.19. The van der Waals surface area contributed by atoms with Crippen molar-refractivity contribution in [1.29, 1.82) is 0 Å². The van der Waals surface area contributed by atoms with Gasteiger partial charge in [0.15, 0.2) is 0 Å². The predicted molar refractivity (Wildman–Crippen MR) is 101 cm³/mol. The van der Waals surface area contributed by atoms with Crippen LogP contribution in [-0.4, -0.2) is 32.4 Å². The second kappa shape index (κ2) is 6.83. The zero-order chi connectivity index (χ0) is 17.3. The first-order chi connectivity index (χ1) is 12.1. The molecular formula is C19H24N2O2S2. The van der Waals surface area contributed by atoms with Gasteiger partial charge in [0.2, 0.25) is 10.0 Å². The van der Waals surface area contributed by atoms with Crippen molar-refractivity contribution in [2.24, 2.45) is 5.41 Å². The number of nitrogens with zero attached hydrogens (tertiary/aromatic N) is 1. The minimum Gasteiger partial charge on any atom is -0.299 e. The van der Waals surface area contributed by atoms with Crippen molar-refractivity contribution in [2.45, 2.75) is 43.2 Å². The van der Waals surface area contributed by atoms with Crippen LogP contribution in [0.15, 0.2) is 52.1 Å². The molecule has 1 saturated heterocycles. The summed E-state index contributed by atoms with van der Waals surface area (Å²) in [7, 11) is -3.41. The molecule has 4 rings (SSSR count). The van der Waals surface area contributed by atoms with Crippen LogP contribution in [0, 0.1) is 5.41 Å². The number of hydrogen-bond acceptors (Lipinski definition) is 4. The second-order valence-corrected chi connectivity index (χ2v) is 9.79. The molecule has 0 bridgehead atoms. The molecule has 1 unspecified atom stereocenters. The van der Waals surface area contributed by atoms with Crippen molar-refractivity contribution in [3.63, 3.8) is 0 Å². The predicted octanol–water partition coefficient (Wildman–Crippen LogP) is 3.47. The first kappa shape index (κ1) is 17.2. The summed E-state index contributed by atoms with van der Waals surface area (Å²) in [6.07, 6.45) is 4.26. The van der Waals surface area contributed by atoms with Crippen molar-refractivity contribution in [3.05, 3.63) is 52.7 Å². The maximum atomic E-state index is 12.6. The van der Waals surface area contributed by atoms with Crippen molar-refractivity contribution in [2.75, 3.05) is 13.1 Å². The highest BCUT2D eigenvalue weighted by molar-refractivity contribution is 7.89. The van der Waals surface area contributed by atoms with E-state index in [0.717, 1.165) is 45.3 Å². The molecule has 4 nitrogen and oxygen atoms in total. The number of rotatable bonds is 5. The summed E-state index contributed by atoms with van der Waals surface area (Å²) in [4.78, 5) is 2.86. The van der Waals surface area contributed by atoms with E-state index in [2.05, 4.69) is 26.4 Å². The number of nitrogens with one attached hydrogen (secondary N) is 1. The molecule has 0 amide bonds. The Labute approximate surface area is 153 Å². The summed E-state index contributed by atoms with van der Waals surface area (Å²) < 4.78 is 28.2. The van der Waals surface area contributed by atoms with Crippen LogP contribution in [0.5, 0.6) is 0 Å². The number of piperidine rings is 1. The van der Waals surface area contributed by atoms with Crippen LogP contribution in [0.4, 0.5) is 0 Å². The van der Waals surface area contributed by atoms with Crippen molar-refractivity contribution < 1.29 is 8.42 Å². The number of benzene rings is 1. The van der Waals surface area contributed by atoms with Gasteiger partial charge in [-0.2, -0.15) is 11.3 Å². The van der Waals surface area contributed by atoms with Gasteiger partial charge in [-0.25, -0.2) is 13.1 Å². The van der Waals surface area contributed by atoms with Crippen molar-refractivity contribution >= 4 is 21.4 Å². The SMILES string of the molecule is O=S(=O)(NC1CCC12CCN(Cc1ccsc1)CC2)c1ccccc1. The Morgan fingerprint density at radius 1 is 1.12 bits per heavy atom. The molecule has 1 aliphatic heterocycles. The molecule has 1 saturated carbocycles. The van der Waals surface area contributed by atoms with E-state index in [-0.39, 0.29) is 11.5 Å². The lowest BCUT2D eigenvalue weighted by atomic mass is 9.59. The van der Waals surface area contributed by atoms with Crippen LogP contribution in [0.1, 0.15) is 31.2 Å². The van der Waals surface area contributed by atoms with Gasteiger partial charge in [0, 0.05) is 12.6 Å². The fraction of sp³-hybridized carbons (Fsp3) is 0.474. The Balaban J connectivity index is 1.38. The maximum Gasteiger partial charge on any atom is 0.240 e. The standard InChI is InChI=1S/C19H24N2O2S2/c22-25(23,17-4-2-1-3-5-17)20-18-6-8-19(18)9-11-21(12-10-19)14-16-7-13-24-15-16/h1-5,7,13,15,18,20H,6,8-12,14H2. The van der Waals surface area contributed by atoms with Gasteiger partial charge in [-0.15, -0.1) is 0 Å². The number of hydrogen-bond donors (Lipinski definition) is 1. The van der Waals surface area contributed by atoms with Crippen LogP contribution in [0.25, 0.3) is 0 Å². The van der Waals surface area contributed by atoms with Crippen LogP contribution >= 0.6 is 11.3 Å². The summed E-state index contributed by atoms with van der Waals surface area (Å²) in [5.41, 5.74) is 1.54. The molecule has 1 aromatic carbocycles. The molecule has 2 fully saturated rings. The third-order valence-electron chi connectivity index (χ3n) is 5.86. The monoisotopic (exact) mass is 376 g/mol. The lowest BCUT2D eigenvalue weighted by Gasteiger charge is -2.54. The Bertz CT molecular complexity index is 795. The molecule has 1 spiro atoms. The highest BCUT2D eigenvalue weighted by Gasteiger charge is 2.49. The van der Waals surface area contributed by atoms with Crippen LogP contribution in [0.2, 0.25) is 0 Å². The van der Waals surface area contributed by atoms with Crippen LogP contribution < -0.4 is 4.72 Å². The molecule has 134 valence electrons. The van der Waals surface area contributed by atoms with Gasteiger partial charge in [-0.05, 0) is 78.7 Å². The molecule has 1 aromatic heterocycles. The summed E-state index contributed by atoms with van der Waals surface area (Å²) >= 11 is 1.74. The van der Waals surface area contributed by atoms with E-state index in [1.807, 2.05) is 6.07 Å². The average Bonchev–Trinajstić information content (AvgIpc) is 3.13. The molecule has 0 radical (unpaired) electrons. The normalized spacial score (nSPS) is 23.4. The number of thiophene rings is 1. The summed E-state index contributed by atoms with van der Waals surface area (Å²) in [5, 5.41) is 4.34. The quantitative estimate of drug-likeness (QED) is 0.869. The lowest BCUT2D eigenvalue weighted by Crippen LogP contribution is -2.58. The molecule has 1 N–H and O–H groups in total. The Kier molecular flexibility index (Phi) is 4.71. The molecule has 1 atom stereocenters. The third kappa shape index (κ3) is 3.53. The lowest BCUT2D eigenvalue weighted by molar-refractivity contribution is 0.000735. The molecule has 2 heterocycles. The van der Waals surface area contributed by atoms with Gasteiger partial charge in [0.1, 0.15) is 0 Å². The summed E-state index contributed by atoms with van der Waals surface area (Å²) in [6.45, 7) is 3.12. The fourth-order valence-electron chi connectivity index (χ4n) is 4.13. The Morgan fingerprint density at radius 3 is 2.48 bits per heavy atom. The summed E-state index contributed by atoms with van der Waals surface area (Å²) in [5.74, 6) is 0. The van der Waals surface area contributed by atoms with Gasteiger partial charge in [0.25, 0.3) is 0 Å². The van der Waals surface area contributed by atoms with E-state index < -0.39 is 10.0 Å². The first-order valence-electron chi connectivity index (χ1n) is 8.88. The van der Waals surface area contributed by atoms with Gasteiger partial charge in [0.05, 0.1) is 4.90 Å². The summed E-state index contributed by atoms with van der Waals surface area (Å²) in [6, 6.07) is 11.0. The highest BCUT2D eigenvalue weighted by atomic mass is 32.2. The number of sulfonamides is 1. The molecule has 6 heteroatoms. The topological polar surface area (TPSA) is 49.4 Å². The van der Waals surface area contributed by atoms with Gasteiger partial charge in [-0.1, -0.05) is 18.2 Å². The smallest absolute Gasteiger partial charge is 0.240 e. The molecule has 2 aliphatic rings. The van der Waals surface area contributed by atoms with Gasteiger partial charge in [-0.3, -0.25) is 4.90 Å². The van der Waals surface area contributed by atoms with Crippen LogP contribution in [0.3, 0.4) is 0 Å². The Hall–Kier alpha value is -1.21. The minimum atomic E-state index is -3.41. The van der Waals surface area contributed by atoms with E-state index in [9.17, 15) is 8.42 Å². The molecule has 25 heavy (non-hydrogen) atoms. The van der Waals surface area contributed by atoms with E-state index >= 15 is 0 Å². The van der Waals surface area contributed by atoms with Crippen LogP contribution in [-0.2, 0) is 16.6 Å². The van der Waals surface area contributed by atoms with Gasteiger partial charge < -0.3 is 0 Å². The van der Waals surface area contributed by atoms with E-state index in [1.165, 1.54) is 5.56 Å².